The maximum absolute atomic E-state index is 5.38. The Bertz CT molecular complexity index is 290. The van der Waals surface area contributed by atoms with E-state index in [1.54, 1.807) is 18.4 Å². The van der Waals surface area contributed by atoms with Gasteiger partial charge >= 0.3 is 0 Å². The van der Waals surface area contributed by atoms with Crippen LogP contribution < -0.4 is 5.32 Å². The molecule has 0 aliphatic rings. The highest BCUT2D eigenvalue weighted by atomic mass is 79.9. The minimum atomic E-state index is 0.235. The lowest BCUT2D eigenvalue weighted by Gasteiger charge is -2.23. The largest absolute Gasteiger partial charge is 0.380 e. The summed E-state index contributed by atoms with van der Waals surface area (Å²) in [6.07, 6.45) is 1.25. The van der Waals surface area contributed by atoms with Crippen LogP contribution >= 0.6 is 27.3 Å². The zero-order valence-electron chi connectivity index (χ0n) is 9.42. The van der Waals surface area contributed by atoms with Crippen molar-refractivity contribution in [2.45, 2.75) is 32.4 Å². The lowest BCUT2D eigenvalue weighted by Crippen LogP contribution is -2.40. The van der Waals surface area contributed by atoms with Gasteiger partial charge in [-0.1, -0.05) is 6.92 Å². The van der Waals surface area contributed by atoms with Crippen molar-refractivity contribution in [1.29, 1.82) is 0 Å². The fourth-order valence-electron chi connectivity index (χ4n) is 1.50. The molecular weight excluding hydrogens is 274 g/mol. The maximum Gasteiger partial charge on any atom is 0.0699 e. The second kappa shape index (κ2) is 6.63. The number of rotatable bonds is 6. The number of hydrogen-bond acceptors (Lipinski definition) is 3. The Morgan fingerprint density at radius 2 is 2.33 bits per heavy atom. The third-order valence-electron chi connectivity index (χ3n) is 2.50. The molecule has 0 saturated heterocycles. The topological polar surface area (TPSA) is 21.3 Å². The number of methoxy groups -OCH3 is 1. The Kier molecular flexibility index (Phi) is 5.82. The van der Waals surface area contributed by atoms with E-state index >= 15 is 0 Å². The first kappa shape index (κ1) is 13.2. The SMILES string of the molecule is CCNC(Cc1sccc1Br)C(C)OC. The summed E-state index contributed by atoms with van der Waals surface area (Å²) in [4.78, 5) is 1.38. The van der Waals surface area contributed by atoms with Crippen LogP contribution in [-0.4, -0.2) is 25.8 Å². The minimum Gasteiger partial charge on any atom is -0.380 e. The first-order valence-electron chi connectivity index (χ1n) is 5.17. The Labute approximate surface area is 104 Å². The van der Waals surface area contributed by atoms with E-state index in [9.17, 15) is 0 Å². The molecule has 0 radical (unpaired) electrons. The average molecular weight is 292 g/mol. The van der Waals surface area contributed by atoms with Gasteiger partial charge in [-0.3, -0.25) is 0 Å². The monoisotopic (exact) mass is 291 g/mol. The van der Waals surface area contributed by atoms with Gasteiger partial charge in [-0.2, -0.15) is 0 Å². The zero-order valence-corrected chi connectivity index (χ0v) is 11.8. The van der Waals surface area contributed by atoms with E-state index in [4.69, 9.17) is 4.74 Å². The van der Waals surface area contributed by atoms with Crippen molar-refractivity contribution < 1.29 is 4.74 Å². The molecule has 0 aliphatic heterocycles. The van der Waals surface area contributed by atoms with Gasteiger partial charge in [0.2, 0.25) is 0 Å². The molecule has 0 bridgehead atoms. The van der Waals surface area contributed by atoms with Gasteiger partial charge in [0.05, 0.1) is 6.10 Å². The molecule has 15 heavy (non-hydrogen) atoms. The minimum absolute atomic E-state index is 0.235. The van der Waals surface area contributed by atoms with E-state index < -0.39 is 0 Å². The molecule has 1 aromatic heterocycles. The number of halogens is 1. The highest BCUT2D eigenvalue weighted by Crippen LogP contribution is 2.24. The van der Waals surface area contributed by atoms with E-state index in [1.165, 1.54) is 9.35 Å². The molecule has 86 valence electrons. The van der Waals surface area contributed by atoms with Crippen molar-refractivity contribution in [2.75, 3.05) is 13.7 Å². The summed E-state index contributed by atoms with van der Waals surface area (Å²) in [7, 11) is 1.76. The van der Waals surface area contributed by atoms with Crippen molar-refractivity contribution in [3.63, 3.8) is 0 Å². The number of likely N-dealkylation sites (N-methyl/N-ethyl adjacent to an activating group) is 1. The molecule has 1 aromatic rings. The first-order valence-corrected chi connectivity index (χ1v) is 6.84. The Balaban J connectivity index is 2.62. The van der Waals surface area contributed by atoms with Gasteiger partial charge in [0.15, 0.2) is 0 Å². The van der Waals surface area contributed by atoms with Gasteiger partial charge in [-0.25, -0.2) is 0 Å². The van der Waals surface area contributed by atoms with E-state index in [0.29, 0.717) is 6.04 Å². The van der Waals surface area contributed by atoms with Crippen LogP contribution in [0, 0.1) is 0 Å². The molecule has 1 N–H and O–H groups in total. The van der Waals surface area contributed by atoms with Gasteiger partial charge in [0, 0.05) is 28.9 Å². The standard InChI is InChI=1S/C11H18BrNOS/c1-4-13-10(8(2)14-3)7-11-9(12)5-6-15-11/h5-6,8,10,13H,4,7H2,1-3H3. The number of ether oxygens (including phenoxy) is 1. The molecule has 1 rings (SSSR count). The second-order valence-electron chi connectivity index (χ2n) is 3.50. The second-order valence-corrected chi connectivity index (χ2v) is 5.36. The van der Waals surface area contributed by atoms with Crippen molar-refractivity contribution in [3.8, 4) is 0 Å². The predicted molar refractivity (Wildman–Crippen MR) is 69.7 cm³/mol. The van der Waals surface area contributed by atoms with Gasteiger partial charge in [-0.15, -0.1) is 11.3 Å². The molecular formula is C11H18BrNOS. The summed E-state index contributed by atoms with van der Waals surface area (Å²) in [5, 5.41) is 5.57. The fourth-order valence-corrected chi connectivity index (χ4v) is 3.08. The van der Waals surface area contributed by atoms with Crippen molar-refractivity contribution in [1.82, 2.24) is 5.32 Å². The molecule has 0 saturated carbocycles. The molecule has 4 heteroatoms. The Hall–Kier alpha value is 0.1000. The van der Waals surface area contributed by atoms with Crippen LogP contribution in [0.1, 0.15) is 18.7 Å². The van der Waals surface area contributed by atoms with Crippen LogP contribution in [0.3, 0.4) is 0 Å². The molecule has 2 unspecified atom stereocenters. The third kappa shape index (κ3) is 3.87. The third-order valence-corrected chi connectivity index (χ3v) is 4.45. The summed E-state index contributed by atoms with van der Waals surface area (Å²) in [6, 6.07) is 2.48. The quantitative estimate of drug-likeness (QED) is 0.870. The van der Waals surface area contributed by atoms with Crippen molar-refractivity contribution in [2.24, 2.45) is 0 Å². The summed E-state index contributed by atoms with van der Waals surface area (Å²) in [5.41, 5.74) is 0. The lowest BCUT2D eigenvalue weighted by atomic mass is 10.1. The van der Waals surface area contributed by atoms with Crippen LogP contribution in [0.4, 0.5) is 0 Å². The lowest BCUT2D eigenvalue weighted by molar-refractivity contribution is 0.0838. The number of hydrogen-bond donors (Lipinski definition) is 1. The van der Waals surface area contributed by atoms with E-state index in [1.807, 2.05) is 0 Å². The zero-order chi connectivity index (χ0) is 11.3. The molecule has 0 amide bonds. The summed E-state index contributed by atoms with van der Waals surface area (Å²) < 4.78 is 6.59. The average Bonchev–Trinajstić information content (AvgIpc) is 2.63. The summed E-state index contributed by atoms with van der Waals surface area (Å²) in [6.45, 7) is 5.20. The first-order chi connectivity index (χ1) is 7.19. The van der Waals surface area contributed by atoms with Crippen LogP contribution in [0.15, 0.2) is 15.9 Å². The van der Waals surface area contributed by atoms with Gasteiger partial charge in [0.1, 0.15) is 0 Å². The Morgan fingerprint density at radius 3 is 2.80 bits per heavy atom. The van der Waals surface area contributed by atoms with Crippen molar-refractivity contribution >= 4 is 27.3 Å². The normalized spacial score (nSPS) is 15.2. The fraction of sp³-hybridized carbons (Fsp3) is 0.636. The van der Waals surface area contributed by atoms with Gasteiger partial charge < -0.3 is 10.1 Å². The van der Waals surface area contributed by atoms with Crippen molar-refractivity contribution in [3.05, 3.63) is 20.8 Å². The molecule has 0 fully saturated rings. The molecule has 0 aromatic carbocycles. The van der Waals surface area contributed by atoms with E-state index in [0.717, 1.165) is 13.0 Å². The Morgan fingerprint density at radius 1 is 1.60 bits per heavy atom. The van der Waals surface area contributed by atoms with E-state index in [-0.39, 0.29) is 6.10 Å². The molecule has 2 nitrogen and oxygen atoms in total. The number of thiophene rings is 1. The van der Waals surface area contributed by atoms with E-state index in [2.05, 4.69) is 46.5 Å². The summed E-state index contributed by atoms with van der Waals surface area (Å²) in [5.74, 6) is 0. The van der Waals surface area contributed by atoms with Crippen LogP contribution in [0.25, 0.3) is 0 Å². The number of nitrogens with one attached hydrogen (secondary N) is 1. The highest BCUT2D eigenvalue weighted by molar-refractivity contribution is 9.10. The van der Waals surface area contributed by atoms with Crippen LogP contribution in [0.2, 0.25) is 0 Å². The predicted octanol–water partition coefficient (Wildman–Crippen LogP) is 3.07. The highest BCUT2D eigenvalue weighted by Gasteiger charge is 2.17. The van der Waals surface area contributed by atoms with Gasteiger partial charge in [0.25, 0.3) is 0 Å². The van der Waals surface area contributed by atoms with Gasteiger partial charge in [-0.05, 0) is 40.8 Å². The summed E-state index contributed by atoms with van der Waals surface area (Å²) >= 11 is 5.35. The molecule has 0 spiro atoms. The van der Waals surface area contributed by atoms with Crippen LogP contribution in [0.5, 0.6) is 0 Å². The molecule has 1 heterocycles. The maximum atomic E-state index is 5.38. The smallest absolute Gasteiger partial charge is 0.0699 e. The van der Waals surface area contributed by atoms with Crippen LogP contribution in [-0.2, 0) is 11.2 Å². The molecule has 0 aliphatic carbocycles. The molecule has 2 atom stereocenters.